The smallest absolute Gasteiger partial charge is 0.407 e. The molecule has 2 aromatic carbocycles. The van der Waals surface area contributed by atoms with E-state index in [2.05, 4.69) is 61.6 Å². The lowest BCUT2D eigenvalue weighted by molar-refractivity contribution is -0.214. The largest absolute Gasteiger partial charge is 0.449 e. The molecule has 1 aliphatic heterocycles. The summed E-state index contributed by atoms with van der Waals surface area (Å²) < 4.78 is 18.2. The van der Waals surface area contributed by atoms with Crippen LogP contribution in [0.1, 0.15) is 103 Å². The van der Waals surface area contributed by atoms with Gasteiger partial charge >= 0.3 is 12.1 Å². The maximum absolute atomic E-state index is 13.3. The van der Waals surface area contributed by atoms with Gasteiger partial charge in [-0.05, 0) is 121 Å². The third-order valence-electron chi connectivity index (χ3n) is 14.3. The number of ether oxygens (including phenoxy) is 3. The number of oxime groups is 1. The van der Waals surface area contributed by atoms with Crippen molar-refractivity contribution in [3.63, 3.8) is 0 Å². The number of hydrogen-bond acceptors (Lipinski definition) is 7. The summed E-state index contributed by atoms with van der Waals surface area (Å²) in [6, 6.07) is 15.6. The van der Waals surface area contributed by atoms with Crippen molar-refractivity contribution in [2.45, 2.75) is 104 Å². The molecule has 3 saturated carbocycles. The van der Waals surface area contributed by atoms with Gasteiger partial charge < -0.3 is 24.4 Å². The highest BCUT2D eigenvalue weighted by Gasteiger charge is 2.63. The molecular weight excluding hydrogens is 640 g/mol. The van der Waals surface area contributed by atoms with Crippen molar-refractivity contribution >= 4 is 17.8 Å². The molecule has 8 heteroatoms. The van der Waals surface area contributed by atoms with Crippen molar-refractivity contribution in [2.75, 3.05) is 19.8 Å². The van der Waals surface area contributed by atoms with Gasteiger partial charge in [-0.3, -0.25) is 0 Å². The zero-order valence-corrected chi connectivity index (χ0v) is 30.9. The molecule has 0 spiro atoms. The van der Waals surface area contributed by atoms with Crippen molar-refractivity contribution in [3.8, 4) is 11.1 Å². The third-order valence-corrected chi connectivity index (χ3v) is 14.3. The van der Waals surface area contributed by atoms with Gasteiger partial charge in [0, 0.05) is 11.8 Å². The summed E-state index contributed by atoms with van der Waals surface area (Å²) in [6.45, 7) is 12.5. The standard InChI is InChI=1S/C43H54N2O6/c1-26(2)38(44-40(47)48-25-34-31-12-8-6-10-29(31)30-11-7-9-13-32(30)34)39(46)51-45-28-18-20-41(3)27(24-28)14-15-33-35-16-17-37(43(5)49-22-23-50-43)42(35,4)21-19-36(33)41/h6-13,24,26,33-38H,14-23,25H2,1-5H3,(H,44,47)/b45-28-/t33-,35-,36-,37-,38-,41-,42-/m0/s1. The first-order valence-electron chi connectivity index (χ1n) is 19.4. The molecule has 6 aliphatic rings. The minimum atomic E-state index is -0.879. The SMILES string of the molecule is CC(C)[C@H](NC(=O)OCC1c2ccccc2-c2ccccc21)C(=O)O/N=C1\C=C2CC[C@H]3[C@@H]4CC[C@H](C5(C)OCCO5)[C@@]4(C)CC[C@@H]3[C@@]2(C)CC1. The Morgan fingerprint density at radius 2 is 1.57 bits per heavy atom. The van der Waals surface area contributed by atoms with Gasteiger partial charge in [-0.1, -0.05) is 87.0 Å². The second-order valence-corrected chi connectivity index (χ2v) is 17.1. The van der Waals surface area contributed by atoms with Crippen LogP contribution in [0.25, 0.3) is 11.1 Å². The van der Waals surface area contributed by atoms with Crippen LogP contribution < -0.4 is 5.32 Å². The maximum Gasteiger partial charge on any atom is 0.407 e. The minimum Gasteiger partial charge on any atom is -0.449 e. The first-order valence-corrected chi connectivity index (χ1v) is 19.4. The lowest BCUT2D eigenvalue weighted by Crippen LogP contribution is -2.53. The molecule has 4 fully saturated rings. The van der Waals surface area contributed by atoms with Crippen molar-refractivity contribution in [1.82, 2.24) is 5.32 Å². The number of fused-ring (bicyclic) bond motifs is 8. The van der Waals surface area contributed by atoms with E-state index < -0.39 is 23.9 Å². The fourth-order valence-corrected chi connectivity index (χ4v) is 11.7. The monoisotopic (exact) mass is 694 g/mol. The normalized spacial score (nSPS) is 33.4. The molecule has 1 amide bonds. The summed E-state index contributed by atoms with van der Waals surface area (Å²) in [7, 11) is 0. The van der Waals surface area contributed by atoms with E-state index >= 15 is 0 Å². The summed E-state index contributed by atoms with van der Waals surface area (Å²) in [5.74, 6) is 1.25. The van der Waals surface area contributed by atoms with E-state index in [4.69, 9.17) is 19.0 Å². The second kappa shape index (κ2) is 13.2. The van der Waals surface area contributed by atoms with Crippen LogP contribution in [0.15, 0.2) is 65.3 Å². The predicted molar refractivity (Wildman–Crippen MR) is 196 cm³/mol. The number of benzene rings is 2. The van der Waals surface area contributed by atoms with E-state index in [1.807, 2.05) is 38.1 Å². The fraction of sp³-hybridized carbons (Fsp3) is 0.605. The Morgan fingerprint density at radius 1 is 0.882 bits per heavy atom. The molecule has 0 unspecified atom stereocenters. The zero-order chi connectivity index (χ0) is 35.5. The summed E-state index contributed by atoms with van der Waals surface area (Å²) in [5, 5.41) is 7.14. The van der Waals surface area contributed by atoms with Crippen molar-refractivity contribution < 1.29 is 28.6 Å². The Labute approximate surface area is 302 Å². The molecule has 0 bridgehead atoms. The van der Waals surface area contributed by atoms with Gasteiger partial charge in [0.15, 0.2) is 5.79 Å². The molecule has 0 aromatic heterocycles. The lowest BCUT2D eigenvalue weighted by Gasteiger charge is -2.59. The van der Waals surface area contributed by atoms with Crippen LogP contribution in [-0.4, -0.2) is 49.4 Å². The van der Waals surface area contributed by atoms with Gasteiger partial charge in [0.05, 0.1) is 18.9 Å². The quantitative estimate of drug-likeness (QED) is 0.230. The number of carbonyl (C=O) groups excluding carboxylic acids is 2. The van der Waals surface area contributed by atoms with Crippen LogP contribution in [0.2, 0.25) is 0 Å². The van der Waals surface area contributed by atoms with Crippen molar-refractivity contribution in [2.24, 2.45) is 45.6 Å². The van der Waals surface area contributed by atoms with Crippen LogP contribution in [0.3, 0.4) is 0 Å². The molecule has 0 radical (unpaired) electrons. The van der Waals surface area contributed by atoms with Gasteiger partial charge in [-0.2, -0.15) is 0 Å². The van der Waals surface area contributed by atoms with Crippen LogP contribution in [-0.2, 0) is 23.8 Å². The Balaban J connectivity index is 0.894. The number of allylic oxidation sites excluding steroid dienone is 2. The molecule has 1 N–H and O–H groups in total. The predicted octanol–water partition coefficient (Wildman–Crippen LogP) is 8.79. The molecular formula is C43H54N2O6. The molecule has 272 valence electrons. The van der Waals surface area contributed by atoms with Gasteiger partial charge in [0.2, 0.25) is 0 Å². The first kappa shape index (κ1) is 34.6. The Kier molecular flexibility index (Phi) is 8.93. The molecule has 8 rings (SSSR count). The summed E-state index contributed by atoms with van der Waals surface area (Å²) in [6.07, 6.45) is 10.5. The van der Waals surface area contributed by atoms with Crippen LogP contribution in [0, 0.1) is 40.4 Å². The van der Waals surface area contributed by atoms with E-state index in [1.54, 1.807) is 0 Å². The van der Waals surface area contributed by atoms with Gasteiger partial charge in [0.25, 0.3) is 0 Å². The third kappa shape index (κ3) is 5.85. The molecule has 2 aromatic rings. The summed E-state index contributed by atoms with van der Waals surface area (Å²) in [4.78, 5) is 31.9. The molecule has 1 heterocycles. The topological polar surface area (TPSA) is 95.5 Å². The Morgan fingerprint density at radius 3 is 2.25 bits per heavy atom. The second-order valence-electron chi connectivity index (χ2n) is 17.1. The number of alkyl carbamates (subject to hydrolysis) is 1. The van der Waals surface area contributed by atoms with Gasteiger partial charge in [0.1, 0.15) is 12.6 Å². The van der Waals surface area contributed by atoms with Gasteiger partial charge in [-0.15, -0.1) is 0 Å². The molecule has 1 saturated heterocycles. The lowest BCUT2D eigenvalue weighted by atomic mass is 9.46. The van der Waals surface area contributed by atoms with Crippen molar-refractivity contribution in [3.05, 3.63) is 71.3 Å². The van der Waals surface area contributed by atoms with Crippen LogP contribution in [0.4, 0.5) is 4.79 Å². The highest BCUT2D eigenvalue weighted by molar-refractivity contribution is 5.97. The Hall–Kier alpha value is -3.49. The number of nitrogens with one attached hydrogen (secondary N) is 1. The summed E-state index contributed by atoms with van der Waals surface area (Å²) >= 11 is 0. The molecule has 7 atom stereocenters. The van der Waals surface area contributed by atoms with E-state index in [0.717, 1.165) is 36.1 Å². The van der Waals surface area contributed by atoms with E-state index in [-0.39, 0.29) is 29.3 Å². The highest BCUT2D eigenvalue weighted by atomic mass is 16.7. The maximum atomic E-state index is 13.3. The highest BCUT2D eigenvalue weighted by Crippen LogP contribution is 2.68. The van der Waals surface area contributed by atoms with E-state index in [9.17, 15) is 9.59 Å². The first-order chi connectivity index (χ1) is 24.5. The average Bonchev–Trinajstić information content (AvgIpc) is 3.82. The zero-order valence-electron chi connectivity index (χ0n) is 30.9. The molecule has 51 heavy (non-hydrogen) atoms. The number of nitrogens with zero attached hydrogens (tertiary/aromatic N) is 1. The molecule has 8 nitrogen and oxygen atoms in total. The van der Waals surface area contributed by atoms with Gasteiger partial charge in [-0.25, -0.2) is 9.59 Å². The number of carbonyl (C=O) groups is 2. The van der Waals surface area contributed by atoms with E-state index in [0.29, 0.717) is 36.9 Å². The summed E-state index contributed by atoms with van der Waals surface area (Å²) in [5.41, 5.74) is 7.27. The number of rotatable bonds is 7. The fourth-order valence-electron chi connectivity index (χ4n) is 11.7. The minimum absolute atomic E-state index is 0.0585. The molecule has 5 aliphatic carbocycles. The average molecular weight is 695 g/mol. The van der Waals surface area contributed by atoms with Crippen molar-refractivity contribution in [1.29, 1.82) is 0 Å². The number of hydrogen-bond donors (Lipinski definition) is 1. The Bertz CT molecular complexity index is 1700. The number of amides is 1. The van der Waals surface area contributed by atoms with E-state index in [1.165, 1.54) is 48.8 Å². The van der Waals surface area contributed by atoms with Crippen LogP contribution >= 0.6 is 0 Å². The van der Waals surface area contributed by atoms with Crippen LogP contribution in [0.5, 0.6) is 0 Å².